The molecule has 0 bridgehead atoms. The summed E-state index contributed by atoms with van der Waals surface area (Å²) in [6.45, 7) is 4.59. The van der Waals surface area contributed by atoms with Gasteiger partial charge in [-0.2, -0.15) is 0 Å². The zero-order chi connectivity index (χ0) is 15.8. The lowest BCUT2D eigenvalue weighted by Gasteiger charge is -2.27. The maximum Gasteiger partial charge on any atom is 0.224 e. The van der Waals surface area contributed by atoms with E-state index >= 15 is 0 Å². The average molecular weight is 430 g/mol. The fourth-order valence-corrected chi connectivity index (χ4v) is 2.54. The van der Waals surface area contributed by atoms with E-state index < -0.39 is 0 Å². The number of likely N-dealkylation sites (tertiary alicyclic amines) is 1. The van der Waals surface area contributed by atoms with Crippen molar-refractivity contribution in [1.29, 1.82) is 0 Å². The molecule has 0 atom stereocenters. The number of benzene rings is 1. The topological polar surface area (TPSA) is 70.7 Å². The third-order valence-corrected chi connectivity index (χ3v) is 3.82. The maximum absolute atomic E-state index is 11.5. The Morgan fingerprint density at radius 1 is 1.22 bits per heavy atom. The van der Waals surface area contributed by atoms with Gasteiger partial charge in [-0.1, -0.05) is 19.1 Å². The highest BCUT2D eigenvalue weighted by Crippen LogP contribution is 2.12. The number of anilines is 1. The van der Waals surface area contributed by atoms with Crippen LogP contribution in [0.4, 0.5) is 5.69 Å². The standard InChI is InChI=1S/C17H26N4O.HI/c1-2-6-16(22)20-15-9-7-14(8-10-15)13-19-17(18)21-11-4-3-5-12-21;/h7-10H,2-6,11-13H2,1H3,(H2,18,19)(H,20,22);1H. The second kappa shape index (κ2) is 10.5. The lowest BCUT2D eigenvalue weighted by atomic mass is 10.1. The van der Waals surface area contributed by atoms with Crippen molar-refractivity contribution in [2.45, 2.75) is 45.6 Å². The van der Waals surface area contributed by atoms with Crippen LogP contribution >= 0.6 is 24.0 Å². The van der Waals surface area contributed by atoms with Crippen molar-refractivity contribution in [1.82, 2.24) is 4.90 Å². The van der Waals surface area contributed by atoms with Crippen LogP contribution in [0.5, 0.6) is 0 Å². The van der Waals surface area contributed by atoms with Gasteiger partial charge in [-0.05, 0) is 43.4 Å². The molecular formula is C17H27IN4O. The number of piperidine rings is 1. The highest BCUT2D eigenvalue weighted by molar-refractivity contribution is 14.0. The van der Waals surface area contributed by atoms with Gasteiger partial charge >= 0.3 is 0 Å². The molecule has 0 saturated carbocycles. The Kier molecular flexibility index (Phi) is 8.98. The Hall–Kier alpha value is -1.31. The van der Waals surface area contributed by atoms with Crippen molar-refractivity contribution in [2.75, 3.05) is 18.4 Å². The van der Waals surface area contributed by atoms with E-state index in [0.717, 1.165) is 30.8 Å². The van der Waals surface area contributed by atoms with E-state index in [1.165, 1.54) is 19.3 Å². The molecule has 3 N–H and O–H groups in total. The lowest BCUT2D eigenvalue weighted by Crippen LogP contribution is -2.40. The van der Waals surface area contributed by atoms with E-state index in [0.29, 0.717) is 18.9 Å². The van der Waals surface area contributed by atoms with Gasteiger partial charge in [0.1, 0.15) is 0 Å². The van der Waals surface area contributed by atoms with Gasteiger partial charge in [0.05, 0.1) is 6.54 Å². The van der Waals surface area contributed by atoms with Crippen LogP contribution in [-0.4, -0.2) is 29.9 Å². The van der Waals surface area contributed by atoms with Crippen LogP contribution in [0.1, 0.15) is 44.6 Å². The highest BCUT2D eigenvalue weighted by Gasteiger charge is 2.11. The molecule has 0 aliphatic carbocycles. The van der Waals surface area contributed by atoms with Crippen LogP contribution in [0, 0.1) is 0 Å². The van der Waals surface area contributed by atoms with Gasteiger partial charge in [-0.15, -0.1) is 24.0 Å². The van der Waals surface area contributed by atoms with E-state index in [1.807, 2.05) is 31.2 Å². The van der Waals surface area contributed by atoms with Crippen molar-refractivity contribution in [3.63, 3.8) is 0 Å². The number of nitrogens with zero attached hydrogens (tertiary/aromatic N) is 2. The van der Waals surface area contributed by atoms with Crippen LogP contribution in [0.2, 0.25) is 0 Å². The van der Waals surface area contributed by atoms with Crippen molar-refractivity contribution in [3.8, 4) is 0 Å². The lowest BCUT2D eigenvalue weighted by molar-refractivity contribution is -0.116. The molecule has 0 unspecified atom stereocenters. The molecule has 128 valence electrons. The summed E-state index contributed by atoms with van der Waals surface area (Å²) in [6.07, 6.45) is 5.09. The predicted molar refractivity (Wildman–Crippen MR) is 106 cm³/mol. The molecule has 1 fully saturated rings. The molecule has 1 aliphatic rings. The van der Waals surface area contributed by atoms with E-state index in [1.54, 1.807) is 0 Å². The van der Waals surface area contributed by atoms with Gasteiger partial charge in [0.25, 0.3) is 0 Å². The highest BCUT2D eigenvalue weighted by atomic mass is 127. The zero-order valence-corrected chi connectivity index (χ0v) is 16.1. The second-order valence-electron chi connectivity index (χ2n) is 5.72. The first kappa shape index (κ1) is 19.7. The van der Waals surface area contributed by atoms with Crippen LogP contribution in [0.3, 0.4) is 0 Å². The van der Waals surface area contributed by atoms with E-state index in [-0.39, 0.29) is 29.9 Å². The summed E-state index contributed by atoms with van der Waals surface area (Å²) in [5, 5.41) is 2.88. The summed E-state index contributed by atoms with van der Waals surface area (Å²) in [4.78, 5) is 18.2. The molecule has 0 radical (unpaired) electrons. The molecule has 1 heterocycles. The molecule has 1 aromatic carbocycles. The largest absolute Gasteiger partial charge is 0.370 e. The summed E-state index contributed by atoms with van der Waals surface area (Å²) in [5.41, 5.74) is 7.96. The van der Waals surface area contributed by atoms with Gasteiger partial charge < -0.3 is 16.0 Å². The van der Waals surface area contributed by atoms with Crippen LogP contribution in [-0.2, 0) is 11.3 Å². The van der Waals surface area contributed by atoms with Gasteiger partial charge in [0.15, 0.2) is 5.96 Å². The van der Waals surface area contributed by atoms with E-state index in [9.17, 15) is 4.79 Å². The minimum absolute atomic E-state index is 0. The summed E-state index contributed by atoms with van der Waals surface area (Å²) in [7, 11) is 0. The first-order chi connectivity index (χ1) is 10.7. The molecule has 1 saturated heterocycles. The molecule has 5 nitrogen and oxygen atoms in total. The Labute approximate surface area is 155 Å². The maximum atomic E-state index is 11.5. The quantitative estimate of drug-likeness (QED) is 0.428. The fourth-order valence-electron chi connectivity index (χ4n) is 2.54. The van der Waals surface area contributed by atoms with Crippen LogP contribution in [0.25, 0.3) is 0 Å². The molecule has 6 heteroatoms. The molecule has 2 rings (SSSR count). The molecular weight excluding hydrogens is 403 g/mol. The molecule has 23 heavy (non-hydrogen) atoms. The number of nitrogens with one attached hydrogen (secondary N) is 1. The molecule has 0 spiro atoms. The molecule has 1 aliphatic heterocycles. The molecule has 1 aromatic rings. The third kappa shape index (κ3) is 6.76. The fraction of sp³-hybridized carbons (Fsp3) is 0.529. The summed E-state index contributed by atoms with van der Waals surface area (Å²) in [5.74, 6) is 0.697. The average Bonchev–Trinajstić information content (AvgIpc) is 2.55. The Bertz CT molecular complexity index is 510. The number of rotatable bonds is 5. The molecule has 1 amide bonds. The van der Waals surface area contributed by atoms with Gasteiger partial charge in [0, 0.05) is 25.2 Å². The van der Waals surface area contributed by atoms with Gasteiger partial charge in [-0.25, -0.2) is 4.99 Å². The minimum atomic E-state index is 0. The number of halogens is 1. The Balaban J connectivity index is 0.00000264. The van der Waals surface area contributed by atoms with Gasteiger partial charge in [-0.3, -0.25) is 4.79 Å². The number of hydrogen-bond acceptors (Lipinski definition) is 2. The summed E-state index contributed by atoms with van der Waals surface area (Å²) in [6, 6.07) is 7.79. The third-order valence-electron chi connectivity index (χ3n) is 3.82. The Morgan fingerprint density at radius 2 is 1.87 bits per heavy atom. The smallest absolute Gasteiger partial charge is 0.224 e. The molecule has 0 aromatic heterocycles. The van der Waals surface area contributed by atoms with E-state index in [2.05, 4.69) is 15.2 Å². The van der Waals surface area contributed by atoms with Crippen molar-refractivity contribution in [2.24, 2.45) is 10.7 Å². The Morgan fingerprint density at radius 3 is 2.48 bits per heavy atom. The number of guanidine groups is 1. The number of hydrogen-bond donors (Lipinski definition) is 2. The van der Waals surface area contributed by atoms with E-state index in [4.69, 9.17) is 5.73 Å². The van der Waals surface area contributed by atoms with Gasteiger partial charge in [0.2, 0.25) is 5.91 Å². The van der Waals surface area contributed by atoms with Crippen LogP contribution < -0.4 is 11.1 Å². The van der Waals surface area contributed by atoms with Crippen molar-refractivity contribution >= 4 is 41.5 Å². The van der Waals surface area contributed by atoms with Crippen molar-refractivity contribution < 1.29 is 4.79 Å². The predicted octanol–water partition coefficient (Wildman–Crippen LogP) is 3.34. The van der Waals surface area contributed by atoms with Crippen molar-refractivity contribution in [3.05, 3.63) is 29.8 Å². The number of nitrogens with two attached hydrogens (primary N) is 1. The monoisotopic (exact) mass is 430 g/mol. The second-order valence-corrected chi connectivity index (χ2v) is 5.72. The number of carbonyl (C=O) groups excluding carboxylic acids is 1. The first-order valence-electron chi connectivity index (χ1n) is 8.12. The SMILES string of the molecule is CCCC(=O)Nc1ccc(CN=C(N)N2CCCCC2)cc1.I. The summed E-state index contributed by atoms with van der Waals surface area (Å²) < 4.78 is 0. The number of amides is 1. The number of carbonyl (C=O) groups is 1. The minimum Gasteiger partial charge on any atom is -0.370 e. The number of aliphatic imine (C=N–C) groups is 1. The first-order valence-corrected chi connectivity index (χ1v) is 8.12. The normalized spacial score (nSPS) is 15.0. The van der Waals surface area contributed by atoms with Crippen LogP contribution in [0.15, 0.2) is 29.3 Å². The summed E-state index contributed by atoms with van der Waals surface area (Å²) >= 11 is 0. The zero-order valence-electron chi connectivity index (χ0n) is 13.8.